The summed E-state index contributed by atoms with van der Waals surface area (Å²) in [7, 11) is 0. The molecule has 0 aromatic heterocycles. The molecule has 3 nitrogen and oxygen atoms in total. The second-order valence-corrected chi connectivity index (χ2v) is 5.29. The van der Waals surface area contributed by atoms with E-state index in [4.69, 9.17) is 5.73 Å². The summed E-state index contributed by atoms with van der Waals surface area (Å²) in [5.41, 5.74) is 6.87. The molecule has 1 fully saturated rings. The number of nitrogens with two attached hydrogens (primary N) is 1. The Balaban J connectivity index is 0.00000200. The molecule has 2 N–H and O–H groups in total. The normalized spacial score (nSPS) is 17.6. The Bertz CT molecular complexity index is 389. The Hall–Kier alpha value is -1.06. The Morgan fingerprint density at radius 1 is 1.05 bits per heavy atom. The number of hydrogen-bond donors (Lipinski definition) is 1. The number of likely N-dealkylation sites (tertiary alicyclic amines) is 1. The van der Waals surface area contributed by atoms with Gasteiger partial charge in [0.15, 0.2) is 0 Å². The standard InChI is InChI=1S/C16H24N2O.ClH/c17-13-15(14-9-5-4-6-10-14)16(19)18-11-7-2-1-3-8-12-18;/h4-6,9-10,15H,1-3,7-8,11-13,17H2;1H. The Morgan fingerprint density at radius 2 is 1.60 bits per heavy atom. The number of rotatable bonds is 3. The van der Waals surface area contributed by atoms with Crippen molar-refractivity contribution in [1.29, 1.82) is 0 Å². The minimum Gasteiger partial charge on any atom is -0.342 e. The van der Waals surface area contributed by atoms with Crippen LogP contribution in [0.15, 0.2) is 30.3 Å². The molecule has 2 rings (SSSR count). The fourth-order valence-electron chi connectivity index (χ4n) is 2.75. The van der Waals surface area contributed by atoms with Gasteiger partial charge in [-0.1, -0.05) is 49.6 Å². The summed E-state index contributed by atoms with van der Waals surface area (Å²) in [6, 6.07) is 9.91. The Kier molecular flexibility index (Phi) is 7.63. The number of nitrogens with zero attached hydrogens (tertiary/aromatic N) is 1. The zero-order chi connectivity index (χ0) is 13.5. The first-order valence-corrected chi connectivity index (χ1v) is 7.36. The predicted octanol–water partition coefficient (Wildman–Crippen LogP) is 2.94. The second kappa shape index (κ2) is 8.98. The maximum absolute atomic E-state index is 12.6. The van der Waals surface area contributed by atoms with Gasteiger partial charge in [-0.15, -0.1) is 12.4 Å². The van der Waals surface area contributed by atoms with E-state index in [1.807, 2.05) is 35.2 Å². The lowest BCUT2D eigenvalue weighted by atomic mass is 9.97. The molecule has 0 spiro atoms. The smallest absolute Gasteiger partial charge is 0.231 e. The van der Waals surface area contributed by atoms with Crippen LogP contribution in [0.5, 0.6) is 0 Å². The van der Waals surface area contributed by atoms with Crippen LogP contribution in [-0.2, 0) is 4.79 Å². The van der Waals surface area contributed by atoms with E-state index in [-0.39, 0.29) is 24.2 Å². The molecular formula is C16H25ClN2O. The van der Waals surface area contributed by atoms with E-state index in [1.165, 1.54) is 19.3 Å². The molecule has 1 aliphatic heterocycles. The maximum atomic E-state index is 12.6. The van der Waals surface area contributed by atoms with E-state index in [1.54, 1.807) is 0 Å². The molecule has 0 aliphatic carbocycles. The van der Waals surface area contributed by atoms with Crippen LogP contribution in [0, 0.1) is 0 Å². The highest BCUT2D eigenvalue weighted by atomic mass is 35.5. The highest BCUT2D eigenvalue weighted by Crippen LogP contribution is 2.19. The molecule has 0 bridgehead atoms. The van der Waals surface area contributed by atoms with Gasteiger partial charge in [-0.2, -0.15) is 0 Å². The maximum Gasteiger partial charge on any atom is 0.231 e. The molecule has 1 saturated heterocycles. The Labute approximate surface area is 127 Å². The van der Waals surface area contributed by atoms with E-state index in [0.717, 1.165) is 31.5 Å². The molecule has 1 aromatic carbocycles. The SMILES string of the molecule is Cl.NCC(C(=O)N1CCCCCCC1)c1ccccc1. The van der Waals surface area contributed by atoms with E-state index in [9.17, 15) is 4.79 Å². The van der Waals surface area contributed by atoms with E-state index >= 15 is 0 Å². The van der Waals surface area contributed by atoms with Crippen LogP contribution >= 0.6 is 12.4 Å². The average molecular weight is 297 g/mol. The first-order chi connectivity index (χ1) is 9.33. The lowest BCUT2D eigenvalue weighted by Crippen LogP contribution is -2.39. The van der Waals surface area contributed by atoms with Gasteiger partial charge in [0.1, 0.15) is 0 Å². The second-order valence-electron chi connectivity index (χ2n) is 5.29. The first kappa shape index (κ1) is 17.0. The van der Waals surface area contributed by atoms with Crippen LogP contribution in [-0.4, -0.2) is 30.4 Å². The summed E-state index contributed by atoms with van der Waals surface area (Å²) in [5, 5.41) is 0. The summed E-state index contributed by atoms with van der Waals surface area (Å²) < 4.78 is 0. The van der Waals surface area contributed by atoms with Crippen LogP contribution in [0.1, 0.15) is 43.6 Å². The topological polar surface area (TPSA) is 46.3 Å². The molecule has 112 valence electrons. The highest BCUT2D eigenvalue weighted by Gasteiger charge is 2.24. The molecular weight excluding hydrogens is 272 g/mol. The first-order valence-electron chi connectivity index (χ1n) is 7.36. The Morgan fingerprint density at radius 3 is 2.15 bits per heavy atom. The third kappa shape index (κ3) is 4.50. The molecule has 20 heavy (non-hydrogen) atoms. The lowest BCUT2D eigenvalue weighted by Gasteiger charge is -2.28. The summed E-state index contributed by atoms with van der Waals surface area (Å²) >= 11 is 0. The molecule has 1 heterocycles. The van der Waals surface area contributed by atoms with Crippen molar-refractivity contribution < 1.29 is 4.79 Å². The minimum atomic E-state index is -0.180. The molecule has 0 saturated carbocycles. The van der Waals surface area contributed by atoms with Gasteiger partial charge in [0.2, 0.25) is 5.91 Å². The summed E-state index contributed by atoms with van der Waals surface area (Å²) in [4.78, 5) is 14.7. The van der Waals surface area contributed by atoms with E-state index in [2.05, 4.69) is 0 Å². The van der Waals surface area contributed by atoms with Gasteiger partial charge in [-0.05, 0) is 18.4 Å². The van der Waals surface area contributed by atoms with Crippen molar-refractivity contribution >= 4 is 18.3 Å². The highest BCUT2D eigenvalue weighted by molar-refractivity contribution is 5.85. The van der Waals surface area contributed by atoms with Crippen LogP contribution in [0.2, 0.25) is 0 Å². The van der Waals surface area contributed by atoms with Gasteiger partial charge in [0, 0.05) is 19.6 Å². The zero-order valence-corrected chi connectivity index (χ0v) is 12.8. The molecule has 1 unspecified atom stereocenters. The van der Waals surface area contributed by atoms with Gasteiger partial charge < -0.3 is 10.6 Å². The van der Waals surface area contributed by atoms with E-state index in [0.29, 0.717) is 6.54 Å². The monoisotopic (exact) mass is 296 g/mol. The molecule has 1 aromatic rings. The van der Waals surface area contributed by atoms with E-state index < -0.39 is 0 Å². The number of carbonyl (C=O) groups excluding carboxylic acids is 1. The fraction of sp³-hybridized carbons (Fsp3) is 0.562. The molecule has 4 heteroatoms. The van der Waals surface area contributed by atoms with Gasteiger partial charge in [-0.25, -0.2) is 0 Å². The van der Waals surface area contributed by atoms with Gasteiger partial charge >= 0.3 is 0 Å². The molecule has 0 radical (unpaired) electrons. The number of halogens is 1. The van der Waals surface area contributed by atoms with Crippen molar-refractivity contribution in [3.8, 4) is 0 Å². The molecule has 1 aliphatic rings. The minimum absolute atomic E-state index is 0. The largest absolute Gasteiger partial charge is 0.342 e. The van der Waals surface area contributed by atoms with Crippen molar-refractivity contribution in [3.63, 3.8) is 0 Å². The third-order valence-electron chi connectivity index (χ3n) is 3.90. The zero-order valence-electron chi connectivity index (χ0n) is 12.0. The number of benzene rings is 1. The summed E-state index contributed by atoms with van der Waals surface area (Å²) in [6.07, 6.45) is 6.03. The molecule has 1 atom stereocenters. The van der Waals surface area contributed by atoms with Crippen LogP contribution in [0.25, 0.3) is 0 Å². The quantitative estimate of drug-likeness (QED) is 0.932. The average Bonchev–Trinajstić information content (AvgIpc) is 2.40. The van der Waals surface area contributed by atoms with Gasteiger partial charge in [-0.3, -0.25) is 4.79 Å². The fourth-order valence-corrected chi connectivity index (χ4v) is 2.75. The van der Waals surface area contributed by atoms with Crippen molar-refractivity contribution in [3.05, 3.63) is 35.9 Å². The van der Waals surface area contributed by atoms with Crippen molar-refractivity contribution in [2.75, 3.05) is 19.6 Å². The third-order valence-corrected chi connectivity index (χ3v) is 3.90. The van der Waals surface area contributed by atoms with Crippen molar-refractivity contribution in [2.45, 2.75) is 38.0 Å². The lowest BCUT2D eigenvalue weighted by molar-refractivity contribution is -0.133. The van der Waals surface area contributed by atoms with Crippen molar-refractivity contribution in [1.82, 2.24) is 4.90 Å². The van der Waals surface area contributed by atoms with Crippen molar-refractivity contribution in [2.24, 2.45) is 5.73 Å². The summed E-state index contributed by atoms with van der Waals surface area (Å²) in [6.45, 7) is 2.17. The van der Waals surface area contributed by atoms with Gasteiger partial charge in [0.25, 0.3) is 0 Å². The number of carbonyl (C=O) groups is 1. The number of hydrogen-bond acceptors (Lipinski definition) is 2. The van der Waals surface area contributed by atoms with Crippen LogP contribution < -0.4 is 5.73 Å². The van der Waals surface area contributed by atoms with Gasteiger partial charge in [0.05, 0.1) is 5.92 Å². The predicted molar refractivity (Wildman–Crippen MR) is 85.2 cm³/mol. The summed E-state index contributed by atoms with van der Waals surface area (Å²) in [5.74, 6) is 0.0243. The number of amides is 1. The van der Waals surface area contributed by atoms with Crippen LogP contribution in [0.4, 0.5) is 0 Å². The molecule has 1 amide bonds. The van der Waals surface area contributed by atoms with Crippen LogP contribution in [0.3, 0.4) is 0 Å².